The zero-order chi connectivity index (χ0) is 16.4. The number of carbonyl (C=O) groups is 1. The van der Waals surface area contributed by atoms with E-state index in [9.17, 15) is 13.6 Å². The molecule has 1 N–H and O–H groups in total. The van der Waals surface area contributed by atoms with Gasteiger partial charge in [0.15, 0.2) is 0 Å². The van der Waals surface area contributed by atoms with Gasteiger partial charge >= 0.3 is 0 Å². The Balaban J connectivity index is 2.14. The highest BCUT2D eigenvalue weighted by Crippen LogP contribution is 2.28. The van der Waals surface area contributed by atoms with Crippen molar-refractivity contribution in [3.05, 3.63) is 54.1 Å². The van der Waals surface area contributed by atoms with Gasteiger partial charge < -0.3 is 4.57 Å². The third-order valence-electron chi connectivity index (χ3n) is 3.48. The van der Waals surface area contributed by atoms with Crippen LogP contribution in [0.25, 0.3) is 22.4 Å². The maximum atomic E-state index is 14.1. The lowest BCUT2D eigenvalue weighted by Crippen LogP contribution is -2.24. The summed E-state index contributed by atoms with van der Waals surface area (Å²) in [7, 11) is 0. The summed E-state index contributed by atoms with van der Waals surface area (Å²) >= 11 is 0. The Morgan fingerprint density at radius 1 is 1.13 bits per heavy atom. The molecule has 23 heavy (non-hydrogen) atoms. The van der Waals surface area contributed by atoms with Crippen LogP contribution in [0.3, 0.4) is 0 Å². The van der Waals surface area contributed by atoms with Crippen LogP contribution in [0.1, 0.15) is 6.92 Å². The number of ketones is 1. The number of aromatic nitrogens is 2. The minimum atomic E-state index is -0.673. The molecule has 0 atom stereocenters. The molecule has 0 radical (unpaired) electrons. The molecule has 0 fully saturated rings. The smallest absolute Gasteiger partial charge is 0.148 e. The molecule has 0 aliphatic heterocycles. The average Bonchev–Trinajstić information content (AvgIpc) is 2.85. The summed E-state index contributed by atoms with van der Waals surface area (Å²) in [4.78, 5) is 15.5. The summed E-state index contributed by atoms with van der Waals surface area (Å²) in [6.07, 6.45) is 0. The van der Waals surface area contributed by atoms with E-state index in [1.165, 1.54) is 25.1 Å². The normalized spacial score (nSPS) is 11.1. The number of nitrogens with zero attached hydrogens (tertiary/aromatic N) is 2. The molecule has 0 saturated carbocycles. The van der Waals surface area contributed by atoms with Crippen molar-refractivity contribution in [2.45, 2.75) is 13.6 Å². The Kier molecular flexibility index (Phi) is 4.16. The van der Waals surface area contributed by atoms with E-state index in [-0.39, 0.29) is 30.4 Å². The lowest BCUT2D eigenvalue weighted by molar-refractivity contribution is -0.116. The molecule has 0 spiro atoms. The standard InChI is InChI=1S/C17H15F2N3O/c1-11(23)9-20-10-22-15-8-3-2-7-14(15)21-17(22)16-12(18)5-4-6-13(16)19/h2-8,20H,9-10H2,1H3. The molecule has 0 aliphatic carbocycles. The number of para-hydroxylation sites is 2. The van der Waals surface area contributed by atoms with Crippen molar-refractivity contribution < 1.29 is 13.6 Å². The summed E-state index contributed by atoms with van der Waals surface area (Å²) in [5, 5.41) is 2.96. The number of halogens is 2. The number of rotatable bonds is 5. The number of fused-ring (bicyclic) bond motifs is 1. The molecule has 0 aliphatic rings. The van der Waals surface area contributed by atoms with Crippen LogP contribution in [0.5, 0.6) is 0 Å². The second-order valence-electron chi connectivity index (χ2n) is 5.24. The van der Waals surface area contributed by atoms with Gasteiger partial charge in [-0.1, -0.05) is 18.2 Å². The van der Waals surface area contributed by atoms with E-state index < -0.39 is 11.6 Å². The number of imidazole rings is 1. The predicted octanol–water partition coefficient (Wildman–Crippen LogP) is 3.12. The van der Waals surface area contributed by atoms with Gasteiger partial charge in [0, 0.05) is 0 Å². The molecular formula is C17H15F2N3O. The Bertz CT molecular complexity index is 853. The number of benzene rings is 2. The summed E-state index contributed by atoms with van der Waals surface area (Å²) in [5.41, 5.74) is 1.20. The number of Topliss-reactive ketones (excluding diaryl/α,β-unsaturated/α-hetero) is 1. The summed E-state index contributed by atoms with van der Waals surface area (Å²) in [6.45, 7) is 1.87. The first-order chi connectivity index (χ1) is 11.1. The molecule has 0 saturated heterocycles. The molecule has 2 aromatic carbocycles. The van der Waals surface area contributed by atoms with Crippen LogP contribution in [0.2, 0.25) is 0 Å². The molecule has 0 amide bonds. The second-order valence-corrected chi connectivity index (χ2v) is 5.24. The van der Waals surface area contributed by atoms with Crippen LogP contribution in [0, 0.1) is 11.6 Å². The number of hydrogen-bond acceptors (Lipinski definition) is 3. The summed E-state index contributed by atoms with van der Waals surface area (Å²) in [5.74, 6) is -1.17. The fraction of sp³-hybridized carbons (Fsp3) is 0.176. The summed E-state index contributed by atoms with van der Waals surface area (Å²) in [6, 6.07) is 10.9. The monoisotopic (exact) mass is 315 g/mol. The van der Waals surface area contributed by atoms with E-state index in [4.69, 9.17) is 0 Å². The Hall–Kier alpha value is -2.60. The van der Waals surface area contributed by atoms with Crippen molar-refractivity contribution in [3.8, 4) is 11.4 Å². The van der Waals surface area contributed by atoms with Gasteiger partial charge in [0.1, 0.15) is 23.2 Å². The predicted molar refractivity (Wildman–Crippen MR) is 83.8 cm³/mol. The number of carbonyl (C=O) groups excluding carboxylic acids is 1. The van der Waals surface area contributed by atoms with Crippen molar-refractivity contribution in [1.82, 2.24) is 14.9 Å². The second kappa shape index (κ2) is 6.26. The minimum Gasteiger partial charge on any atom is -0.310 e. The van der Waals surface area contributed by atoms with Gasteiger partial charge in [-0.25, -0.2) is 13.8 Å². The molecule has 4 nitrogen and oxygen atoms in total. The highest BCUT2D eigenvalue weighted by atomic mass is 19.1. The lowest BCUT2D eigenvalue weighted by Gasteiger charge is -2.11. The Labute approximate surface area is 131 Å². The molecule has 0 unspecified atom stereocenters. The molecule has 3 aromatic rings. The topological polar surface area (TPSA) is 46.9 Å². The summed E-state index contributed by atoms with van der Waals surface area (Å²) < 4.78 is 29.9. The third-order valence-corrected chi connectivity index (χ3v) is 3.48. The van der Waals surface area contributed by atoms with Crippen LogP contribution >= 0.6 is 0 Å². The SMILES string of the molecule is CC(=O)CNCn1c(-c2c(F)cccc2F)nc2ccccc21. The maximum absolute atomic E-state index is 14.1. The van der Waals surface area contributed by atoms with Crippen LogP contribution in [-0.2, 0) is 11.5 Å². The molecule has 3 rings (SSSR count). The fourth-order valence-electron chi connectivity index (χ4n) is 2.48. The zero-order valence-electron chi connectivity index (χ0n) is 12.5. The van der Waals surface area contributed by atoms with E-state index >= 15 is 0 Å². The molecule has 1 aromatic heterocycles. The Morgan fingerprint density at radius 3 is 2.52 bits per heavy atom. The van der Waals surface area contributed by atoms with E-state index in [0.29, 0.717) is 5.52 Å². The molecule has 6 heteroatoms. The first kappa shape index (κ1) is 15.3. The zero-order valence-corrected chi connectivity index (χ0v) is 12.5. The van der Waals surface area contributed by atoms with Gasteiger partial charge in [-0.3, -0.25) is 10.1 Å². The number of hydrogen-bond donors (Lipinski definition) is 1. The van der Waals surface area contributed by atoms with E-state index in [0.717, 1.165) is 5.52 Å². The van der Waals surface area contributed by atoms with Gasteiger partial charge in [-0.05, 0) is 31.2 Å². The first-order valence-corrected chi connectivity index (χ1v) is 7.17. The van der Waals surface area contributed by atoms with E-state index in [2.05, 4.69) is 10.3 Å². The quantitative estimate of drug-likeness (QED) is 0.787. The Morgan fingerprint density at radius 2 is 1.83 bits per heavy atom. The van der Waals surface area contributed by atoms with Gasteiger partial charge in [0.05, 0.1) is 29.8 Å². The maximum Gasteiger partial charge on any atom is 0.148 e. The molecule has 0 bridgehead atoms. The average molecular weight is 315 g/mol. The van der Waals surface area contributed by atoms with Crippen LogP contribution in [0.4, 0.5) is 8.78 Å². The highest BCUT2D eigenvalue weighted by molar-refractivity contribution is 5.81. The lowest BCUT2D eigenvalue weighted by atomic mass is 10.2. The number of nitrogens with one attached hydrogen (secondary N) is 1. The third kappa shape index (κ3) is 2.98. The van der Waals surface area contributed by atoms with Gasteiger partial charge in [-0.2, -0.15) is 0 Å². The van der Waals surface area contributed by atoms with Crippen molar-refractivity contribution in [1.29, 1.82) is 0 Å². The van der Waals surface area contributed by atoms with Crippen molar-refractivity contribution in [2.75, 3.05) is 6.54 Å². The molecule has 1 heterocycles. The van der Waals surface area contributed by atoms with Gasteiger partial charge in [-0.15, -0.1) is 0 Å². The largest absolute Gasteiger partial charge is 0.310 e. The van der Waals surface area contributed by atoms with Crippen molar-refractivity contribution in [2.24, 2.45) is 0 Å². The minimum absolute atomic E-state index is 0.0203. The highest BCUT2D eigenvalue weighted by Gasteiger charge is 2.19. The van der Waals surface area contributed by atoms with E-state index in [1.54, 1.807) is 10.6 Å². The molecule has 118 valence electrons. The van der Waals surface area contributed by atoms with Gasteiger partial charge in [0.2, 0.25) is 0 Å². The van der Waals surface area contributed by atoms with Crippen LogP contribution in [-0.4, -0.2) is 21.9 Å². The van der Waals surface area contributed by atoms with Gasteiger partial charge in [0.25, 0.3) is 0 Å². The fourth-order valence-corrected chi connectivity index (χ4v) is 2.48. The van der Waals surface area contributed by atoms with E-state index in [1.807, 2.05) is 18.2 Å². The van der Waals surface area contributed by atoms with Crippen LogP contribution in [0.15, 0.2) is 42.5 Å². The molecular weight excluding hydrogens is 300 g/mol. The van der Waals surface area contributed by atoms with Crippen molar-refractivity contribution >= 4 is 16.8 Å². The van der Waals surface area contributed by atoms with Crippen molar-refractivity contribution in [3.63, 3.8) is 0 Å². The first-order valence-electron chi connectivity index (χ1n) is 7.17. The van der Waals surface area contributed by atoms with Crippen LogP contribution < -0.4 is 5.32 Å².